The third-order valence-corrected chi connectivity index (χ3v) is 4.29. The average Bonchev–Trinajstić information content (AvgIpc) is 3.09. The molecule has 2 aliphatic carbocycles. The van der Waals surface area contributed by atoms with E-state index in [2.05, 4.69) is 9.72 Å². The van der Waals surface area contributed by atoms with Gasteiger partial charge in [-0.15, -0.1) is 0 Å². The van der Waals surface area contributed by atoms with Crippen molar-refractivity contribution in [3.8, 4) is 5.75 Å². The van der Waals surface area contributed by atoms with E-state index in [1.54, 1.807) is 6.07 Å². The Kier molecular flexibility index (Phi) is 2.84. The molecule has 2 saturated carbocycles. The van der Waals surface area contributed by atoms with E-state index in [0.29, 0.717) is 22.5 Å². The zero-order valence-corrected chi connectivity index (χ0v) is 11.0. The summed E-state index contributed by atoms with van der Waals surface area (Å²) < 4.78 is 10.7. The van der Waals surface area contributed by atoms with Gasteiger partial charge in [0.25, 0.3) is 0 Å². The van der Waals surface area contributed by atoms with Crippen LogP contribution in [0.25, 0.3) is 0 Å². The van der Waals surface area contributed by atoms with Gasteiger partial charge < -0.3 is 15.2 Å². The van der Waals surface area contributed by atoms with Crippen LogP contribution in [0, 0.1) is 5.41 Å². The summed E-state index contributed by atoms with van der Waals surface area (Å²) in [6, 6.07) is 1.63. The van der Waals surface area contributed by atoms with Gasteiger partial charge in [0, 0.05) is 17.7 Å². The summed E-state index contributed by atoms with van der Waals surface area (Å²) in [6.07, 6.45) is 7.60. The molecule has 0 amide bonds. The third kappa shape index (κ3) is 2.13. The molecule has 102 valence electrons. The highest BCUT2D eigenvalue weighted by molar-refractivity contribution is 5.89. The number of aromatic nitrogens is 1. The molecule has 2 aliphatic rings. The van der Waals surface area contributed by atoms with Crippen LogP contribution in [0.1, 0.15) is 42.5 Å². The molecule has 0 aromatic carbocycles. The Morgan fingerprint density at radius 1 is 1.47 bits per heavy atom. The zero-order chi connectivity index (χ0) is 13.5. The molecule has 2 fully saturated rings. The molecule has 1 aromatic rings. The van der Waals surface area contributed by atoms with Crippen LogP contribution in [0.4, 0.5) is 5.82 Å². The molecule has 1 heterocycles. The normalized spacial score (nSPS) is 23.3. The fourth-order valence-corrected chi connectivity index (χ4v) is 2.96. The van der Waals surface area contributed by atoms with Crippen LogP contribution in [-0.2, 0) is 4.74 Å². The number of nitrogen functional groups attached to an aromatic ring is 1. The predicted octanol–water partition coefficient (Wildman–Crippen LogP) is 2.16. The molecule has 2 N–H and O–H groups in total. The van der Waals surface area contributed by atoms with E-state index in [4.69, 9.17) is 10.5 Å². The Balaban J connectivity index is 1.81. The van der Waals surface area contributed by atoms with Crippen LogP contribution < -0.4 is 10.5 Å². The highest BCUT2D eigenvalue weighted by atomic mass is 16.5. The lowest BCUT2D eigenvalue weighted by atomic mass is 10.0. The Morgan fingerprint density at radius 3 is 2.95 bits per heavy atom. The largest absolute Gasteiger partial charge is 0.486 e. The van der Waals surface area contributed by atoms with Crippen LogP contribution in [0.15, 0.2) is 12.3 Å². The van der Waals surface area contributed by atoms with E-state index in [9.17, 15) is 4.79 Å². The Morgan fingerprint density at radius 2 is 2.26 bits per heavy atom. The average molecular weight is 262 g/mol. The first-order valence-corrected chi connectivity index (χ1v) is 6.65. The van der Waals surface area contributed by atoms with Gasteiger partial charge in [-0.05, 0) is 32.1 Å². The zero-order valence-electron chi connectivity index (χ0n) is 11.0. The summed E-state index contributed by atoms with van der Waals surface area (Å²) in [5.74, 6) is 0.404. The first-order valence-electron chi connectivity index (χ1n) is 6.65. The molecular formula is C14H18N2O3. The smallest absolute Gasteiger partial charge is 0.339 e. The van der Waals surface area contributed by atoms with Gasteiger partial charge in [0.05, 0.1) is 12.7 Å². The van der Waals surface area contributed by atoms with Crippen LogP contribution in [-0.4, -0.2) is 24.2 Å². The highest BCUT2D eigenvalue weighted by Gasteiger charge is 2.53. The lowest BCUT2D eigenvalue weighted by Gasteiger charge is -2.21. The van der Waals surface area contributed by atoms with Gasteiger partial charge in [0.15, 0.2) is 11.6 Å². The van der Waals surface area contributed by atoms with Crippen molar-refractivity contribution in [2.75, 3.05) is 12.8 Å². The van der Waals surface area contributed by atoms with Gasteiger partial charge in [0.2, 0.25) is 0 Å². The monoisotopic (exact) mass is 262 g/mol. The minimum atomic E-state index is -0.426. The molecule has 0 saturated heterocycles. The standard InChI is InChI=1S/C14H18N2O3/c1-18-13(17)9-7-10(12(15)16-8-9)19-11-3-2-4-14(11)5-6-14/h7-8,11H,2-6H2,1H3,(H2,15,16). The topological polar surface area (TPSA) is 74.4 Å². The maximum atomic E-state index is 11.5. The van der Waals surface area contributed by atoms with Gasteiger partial charge >= 0.3 is 5.97 Å². The Hall–Kier alpha value is -1.78. The molecule has 3 rings (SSSR count). The second-order valence-electron chi connectivity index (χ2n) is 5.46. The summed E-state index contributed by atoms with van der Waals surface area (Å²) in [7, 11) is 1.34. The number of esters is 1. The minimum Gasteiger partial charge on any atom is -0.486 e. The summed E-state index contributed by atoms with van der Waals surface area (Å²) in [5.41, 5.74) is 6.57. The summed E-state index contributed by atoms with van der Waals surface area (Å²) in [6.45, 7) is 0. The Bertz CT molecular complexity index is 511. The van der Waals surface area contributed by atoms with Crippen molar-refractivity contribution < 1.29 is 14.3 Å². The molecule has 0 radical (unpaired) electrons. The fourth-order valence-electron chi connectivity index (χ4n) is 2.96. The molecule has 1 aromatic heterocycles. The number of ether oxygens (including phenoxy) is 2. The SMILES string of the molecule is COC(=O)c1cnc(N)c(OC2CCCC23CC3)c1. The van der Waals surface area contributed by atoms with Crippen LogP contribution in [0.2, 0.25) is 0 Å². The quantitative estimate of drug-likeness (QED) is 0.845. The number of hydrogen-bond donors (Lipinski definition) is 1. The van der Waals surface area contributed by atoms with Gasteiger partial charge in [0.1, 0.15) is 6.10 Å². The van der Waals surface area contributed by atoms with Crippen molar-refractivity contribution in [1.82, 2.24) is 4.98 Å². The minimum absolute atomic E-state index is 0.212. The first kappa shape index (κ1) is 12.3. The molecule has 5 nitrogen and oxygen atoms in total. The number of rotatable bonds is 3. The maximum Gasteiger partial charge on any atom is 0.339 e. The molecule has 1 unspecified atom stereocenters. The molecule has 5 heteroatoms. The van der Waals surface area contributed by atoms with Crippen molar-refractivity contribution in [2.24, 2.45) is 5.41 Å². The number of nitrogens with two attached hydrogens (primary N) is 1. The number of carbonyl (C=O) groups is 1. The molecular weight excluding hydrogens is 244 g/mol. The van der Waals surface area contributed by atoms with Crippen molar-refractivity contribution in [3.63, 3.8) is 0 Å². The molecule has 0 bridgehead atoms. The Labute approximate surface area is 112 Å². The van der Waals surface area contributed by atoms with E-state index >= 15 is 0 Å². The van der Waals surface area contributed by atoms with Crippen LogP contribution >= 0.6 is 0 Å². The van der Waals surface area contributed by atoms with Crippen molar-refractivity contribution in [2.45, 2.75) is 38.2 Å². The van der Waals surface area contributed by atoms with Crippen molar-refractivity contribution >= 4 is 11.8 Å². The number of hydrogen-bond acceptors (Lipinski definition) is 5. The van der Waals surface area contributed by atoms with Gasteiger partial charge in [-0.2, -0.15) is 0 Å². The summed E-state index contributed by atoms with van der Waals surface area (Å²) in [5, 5.41) is 0. The molecule has 1 atom stereocenters. The van der Waals surface area contributed by atoms with E-state index in [1.807, 2.05) is 0 Å². The summed E-state index contributed by atoms with van der Waals surface area (Å²) in [4.78, 5) is 15.5. The fraction of sp³-hybridized carbons (Fsp3) is 0.571. The van der Waals surface area contributed by atoms with Gasteiger partial charge in [-0.3, -0.25) is 0 Å². The summed E-state index contributed by atoms with van der Waals surface area (Å²) >= 11 is 0. The van der Waals surface area contributed by atoms with Crippen molar-refractivity contribution in [1.29, 1.82) is 0 Å². The number of methoxy groups -OCH3 is 1. The second kappa shape index (κ2) is 4.40. The van der Waals surface area contributed by atoms with E-state index < -0.39 is 5.97 Å². The van der Waals surface area contributed by atoms with Crippen LogP contribution in [0.5, 0.6) is 5.75 Å². The van der Waals surface area contributed by atoms with Gasteiger partial charge in [-0.1, -0.05) is 0 Å². The maximum absolute atomic E-state index is 11.5. The third-order valence-electron chi connectivity index (χ3n) is 4.29. The number of anilines is 1. The number of carbonyl (C=O) groups excluding carboxylic acids is 1. The lowest BCUT2D eigenvalue weighted by Crippen LogP contribution is -2.23. The molecule has 1 spiro atoms. The molecule has 0 aliphatic heterocycles. The number of pyridine rings is 1. The van der Waals surface area contributed by atoms with E-state index in [0.717, 1.165) is 6.42 Å². The highest BCUT2D eigenvalue weighted by Crippen LogP contribution is 2.59. The van der Waals surface area contributed by atoms with Crippen molar-refractivity contribution in [3.05, 3.63) is 17.8 Å². The van der Waals surface area contributed by atoms with E-state index in [-0.39, 0.29) is 6.10 Å². The predicted molar refractivity (Wildman–Crippen MR) is 69.9 cm³/mol. The number of nitrogens with zero attached hydrogens (tertiary/aromatic N) is 1. The lowest BCUT2D eigenvalue weighted by molar-refractivity contribution is 0.0599. The van der Waals surface area contributed by atoms with Gasteiger partial charge in [-0.25, -0.2) is 9.78 Å². The molecule has 19 heavy (non-hydrogen) atoms. The van der Waals surface area contributed by atoms with Crippen LogP contribution in [0.3, 0.4) is 0 Å². The second-order valence-corrected chi connectivity index (χ2v) is 5.46. The van der Waals surface area contributed by atoms with E-state index in [1.165, 1.54) is 39.0 Å². The first-order chi connectivity index (χ1) is 9.14.